The van der Waals surface area contributed by atoms with Crippen LogP contribution in [-0.4, -0.2) is 34.6 Å². The van der Waals surface area contributed by atoms with Crippen molar-refractivity contribution in [3.05, 3.63) is 63.5 Å². The summed E-state index contributed by atoms with van der Waals surface area (Å²) in [6, 6.07) is 8.38. The number of ether oxygens (including phenoxy) is 1. The number of hydrogen-bond acceptors (Lipinski definition) is 4. The molecule has 0 spiro atoms. The number of nitrogens with zero attached hydrogens (tertiary/aromatic N) is 3. The number of fused-ring (bicyclic) bond motifs is 1. The van der Waals surface area contributed by atoms with Gasteiger partial charge in [-0.3, -0.25) is 9.48 Å². The lowest BCUT2D eigenvalue weighted by Gasteiger charge is -2.13. The molecular weight excluding hydrogens is 347 g/mol. The van der Waals surface area contributed by atoms with Crippen LogP contribution < -0.4 is 10.9 Å². The molecule has 2 aromatic heterocycles. The van der Waals surface area contributed by atoms with Crippen LogP contribution >= 0.6 is 0 Å². The maximum Gasteiger partial charge on any atom is 0.255 e. The van der Waals surface area contributed by atoms with Gasteiger partial charge in [0.25, 0.3) is 5.56 Å². The predicted molar refractivity (Wildman–Crippen MR) is 103 cm³/mol. The lowest BCUT2D eigenvalue weighted by atomic mass is 10.1. The van der Waals surface area contributed by atoms with Gasteiger partial charge in [-0.25, -0.2) is 4.39 Å². The second-order valence-electron chi connectivity index (χ2n) is 6.65. The Morgan fingerprint density at radius 3 is 2.70 bits per heavy atom. The number of methoxy groups -OCH3 is 1. The van der Waals surface area contributed by atoms with Crippen molar-refractivity contribution in [2.45, 2.75) is 33.5 Å². The first kappa shape index (κ1) is 19.3. The minimum atomic E-state index is -0.358. The van der Waals surface area contributed by atoms with Gasteiger partial charge >= 0.3 is 0 Å². The third-order valence-corrected chi connectivity index (χ3v) is 4.57. The van der Waals surface area contributed by atoms with Gasteiger partial charge < -0.3 is 14.6 Å². The summed E-state index contributed by atoms with van der Waals surface area (Å²) in [5.41, 5.74) is 3.23. The van der Waals surface area contributed by atoms with Crippen molar-refractivity contribution in [1.82, 2.24) is 19.7 Å². The van der Waals surface area contributed by atoms with E-state index >= 15 is 0 Å². The number of aromatic nitrogens is 3. The average Bonchev–Trinajstić information content (AvgIpc) is 2.96. The molecule has 0 saturated carbocycles. The molecule has 0 unspecified atom stereocenters. The van der Waals surface area contributed by atoms with Crippen LogP contribution in [0, 0.1) is 19.7 Å². The topological polar surface area (TPSA) is 61.1 Å². The van der Waals surface area contributed by atoms with Crippen molar-refractivity contribution in [3.63, 3.8) is 0 Å². The molecule has 0 amide bonds. The zero-order valence-corrected chi connectivity index (χ0v) is 16.0. The van der Waals surface area contributed by atoms with Crippen LogP contribution in [0.4, 0.5) is 4.39 Å². The van der Waals surface area contributed by atoms with Gasteiger partial charge in [0.05, 0.1) is 24.4 Å². The second kappa shape index (κ2) is 8.45. The van der Waals surface area contributed by atoms with Crippen LogP contribution in [0.3, 0.4) is 0 Å². The lowest BCUT2D eigenvalue weighted by molar-refractivity contribution is 0.187. The van der Waals surface area contributed by atoms with Gasteiger partial charge in [-0.15, -0.1) is 0 Å². The van der Waals surface area contributed by atoms with Crippen LogP contribution in [0.25, 0.3) is 10.9 Å². The molecule has 0 saturated heterocycles. The summed E-state index contributed by atoms with van der Waals surface area (Å²) in [7, 11) is 1.58. The molecule has 6 nitrogen and oxygen atoms in total. The van der Waals surface area contributed by atoms with E-state index < -0.39 is 0 Å². The molecule has 0 aliphatic heterocycles. The maximum absolute atomic E-state index is 13.6. The average molecular weight is 372 g/mol. The molecule has 3 rings (SSSR count). The third kappa shape index (κ3) is 4.43. The number of benzene rings is 1. The maximum atomic E-state index is 13.6. The van der Waals surface area contributed by atoms with Gasteiger partial charge in [-0.1, -0.05) is 0 Å². The molecule has 27 heavy (non-hydrogen) atoms. The van der Waals surface area contributed by atoms with Gasteiger partial charge in [0, 0.05) is 38.0 Å². The van der Waals surface area contributed by atoms with E-state index in [9.17, 15) is 9.18 Å². The minimum Gasteiger partial charge on any atom is -0.383 e. The lowest BCUT2D eigenvalue weighted by Crippen LogP contribution is -2.30. The SMILES string of the molecule is COCCn1c(=O)c(CNCCn2nc(C)cc2C)cc2ccc(F)cc21. The Morgan fingerprint density at radius 1 is 1.19 bits per heavy atom. The molecule has 144 valence electrons. The van der Waals surface area contributed by atoms with E-state index in [0.717, 1.165) is 23.3 Å². The predicted octanol–water partition coefficient (Wildman–Crippen LogP) is 2.39. The van der Waals surface area contributed by atoms with E-state index in [0.29, 0.717) is 37.3 Å². The van der Waals surface area contributed by atoms with Crippen molar-refractivity contribution < 1.29 is 9.13 Å². The fraction of sp³-hybridized carbons (Fsp3) is 0.400. The van der Waals surface area contributed by atoms with Crippen LogP contribution in [0.1, 0.15) is 17.0 Å². The Morgan fingerprint density at radius 2 is 2.00 bits per heavy atom. The van der Waals surface area contributed by atoms with E-state index in [-0.39, 0.29) is 11.4 Å². The Labute approximate surface area is 157 Å². The van der Waals surface area contributed by atoms with E-state index in [1.54, 1.807) is 17.7 Å². The van der Waals surface area contributed by atoms with E-state index in [1.807, 2.05) is 30.7 Å². The highest BCUT2D eigenvalue weighted by atomic mass is 19.1. The summed E-state index contributed by atoms with van der Waals surface area (Å²) in [5.74, 6) is -0.358. The molecule has 2 heterocycles. The van der Waals surface area contributed by atoms with Crippen molar-refractivity contribution in [1.29, 1.82) is 0 Å². The first-order valence-electron chi connectivity index (χ1n) is 9.02. The molecular formula is C20H25FN4O2. The van der Waals surface area contributed by atoms with Crippen molar-refractivity contribution >= 4 is 10.9 Å². The Bertz CT molecular complexity index is 994. The highest BCUT2D eigenvalue weighted by molar-refractivity contribution is 5.79. The Balaban J connectivity index is 1.77. The van der Waals surface area contributed by atoms with Crippen molar-refractivity contribution in [3.8, 4) is 0 Å². The Kier molecular flexibility index (Phi) is 6.03. The summed E-state index contributed by atoms with van der Waals surface area (Å²) >= 11 is 0. The van der Waals surface area contributed by atoms with Gasteiger partial charge in [-0.2, -0.15) is 5.10 Å². The Hall–Kier alpha value is -2.51. The molecule has 7 heteroatoms. The molecule has 0 radical (unpaired) electrons. The highest BCUT2D eigenvalue weighted by Gasteiger charge is 2.10. The van der Waals surface area contributed by atoms with Crippen LogP contribution in [-0.2, 0) is 24.4 Å². The summed E-state index contributed by atoms with van der Waals surface area (Å²) in [4.78, 5) is 12.8. The molecule has 1 aromatic carbocycles. The third-order valence-electron chi connectivity index (χ3n) is 4.57. The van der Waals surface area contributed by atoms with Gasteiger partial charge in [0.2, 0.25) is 0 Å². The molecule has 0 bridgehead atoms. The van der Waals surface area contributed by atoms with E-state index in [2.05, 4.69) is 10.4 Å². The number of aryl methyl sites for hydroxylation is 2. The fourth-order valence-electron chi connectivity index (χ4n) is 3.25. The fourth-order valence-corrected chi connectivity index (χ4v) is 3.25. The van der Waals surface area contributed by atoms with Crippen molar-refractivity contribution in [2.75, 3.05) is 20.3 Å². The van der Waals surface area contributed by atoms with Crippen LogP contribution in [0.5, 0.6) is 0 Å². The normalized spacial score (nSPS) is 11.4. The first-order valence-corrected chi connectivity index (χ1v) is 9.02. The van der Waals surface area contributed by atoms with Crippen LogP contribution in [0.2, 0.25) is 0 Å². The molecule has 1 N–H and O–H groups in total. The van der Waals surface area contributed by atoms with Gasteiger partial charge in [0.1, 0.15) is 5.82 Å². The number of pyridine rings is 1. The largest absolute Gasteiger partial charge is 0.383 e. The molecule has 0 aliphatic rings. The molecule has 0 atom stereocenters. The second-order valence-corrected chi connectivity index (χ2v) is 6.65. The minimum absolute atomic E-state index is 0.122. The standard InChI is InChI=1S/C20H25FN4O2/c1-14-10-15(2)25(23-14)7-6-22-13-17-11-16-4-5-18(21)12-19(16)24(20(17)26)8-9-27-3/h4-5,10-12,22H,6-9,13H2,1-3H3. The van der Waals surface area contributed by atoms with Crippen molar-refractivity contribution in [2.24, 2.45) is 0 Å². The molecule has 0 aliphatic carbocycles. The number of nitrogens with one attached hydrogen (secondary N) is 1. The van der Waals surface area contributed by atoms with Gasteiger partial charge in [-0.05, 0) is 49.6 Å². The monoisotopic (exact) mass is 372 g/mol. The summed E-state index contributed by atoms with van der Waals surface area (Å²) in [5, 5.41) is 8.57. The first-order chi connectivity index (χ1) is 13.0. The molecule has 3 aromatic rings. The zero-order chi connectivity index (χ0) is 19.4. The van der Waals surface area contributed by atoms with E-state index in [4.69, 9.17) is 4.74 Å². The highest BCUT2D eigenvalue weighted by Crippen LogP contribution is 2.15. The number of rotatable bonds is 8. The number of hydrogen-bond donors (Lipinski definition) is 1. The molecule has 0 fully saturated rings. The summed E-state index contributed by atoms with van der Waals surface area (Å²) in [6.07, 6.45) is 0. The van der Waals surface area contributed by atoms with Gasteiger partial charge in [0.15, 0.2) is 0 Å². The van der Waals surface area contributed by atoms with E-state index in [1.165, 1.54) is 12.1 Å². The smallest absolute Gasteiger partial charge is 0.255 e. The quantitative estimate of drug-likeness (QED) is 0.617. The zero-order valence-electron chi connectivity index (χ0n) is 16.0. The summed E-state index contributed by atoms with van der Waals surface area (Å²) in [6.45, 7) is 6.64. The summed E-state index contributed by atoms with van der Waals surface area (Å²) < 4.78 is 22.3. The number of halogens is 1. The van der Waals surface area contributed by atoms with Crippen LogP contribution in [0.15, 0.2) is 35.1 Å².